The van der Waals surface area contributed by atoms with Crippen LogP contribution in [0.1, 0.15) is 13.3 Å². The van der Waals surface area contributed by atoms with Crippen molar-refractivity contribution in [1.82, 2.24) is 0 Å². The number of hydrogen-bond acceptors (Lipinski definition) is 2. The molecule has 1 atom stereocenters. The first-order chi connectivity index (χ1) is 10.2. The molecule has 0 aromatic heterocycles. The van der Waals surface area contributed by atoms with Crippen LogP contribution in [0.25, 0.3) is 0 Å². The number of halogens is 1. The highest BCUT2D eigenvalue weighted by Crippen LogP contribution is 2.37. The van der Waals surface area contributed by atoms with Crippen molar-refractivity contribution in [2.45, 2.75) is 13.3 Å². The summed E-state index contributed by atoms with van der Waals surface area (Å²) in [5.74, 6) is 0.0240. The number of fused-ring (bicyclic) bond motifs is 1. The van der Waals surface area contributed by atoms with Crippen LogP contribution in [0, 0.1) is 5.92 Å². The highest BCUT2D eigenvalue weighted by atomic mass is 35.5. The van der Waals surface area contributed by atoms with E-state index in [2.05, 4.69) is 10.2 Å². The number of carbonyl (C=O) groups is 1. The number of rotatable bonds is 2. The van der Waals surface area contributed by atoms with E-state index in [1.54, 1.807) is 6.07 Å². The summed E-state index contributed by atoms with van der Waals surface area (Å²) >= 11 is 6.15. The Morgan fingerprint density at radius 2 is 2.00 bits per heavy atom. The molecule has 0 aliphatic carbocycles. The summed E-state index contributed by atoms with van der Waals surface area (Å²) in [6.45, 7) is 2.69. The van der Waals surface area contributed by atoms with Crippen molar-refractivity contribution < 1.29 is 4.79 Å². The van der Waals surface area contributed by atoms with Crippen molar-refractivity contribution in [2.75, 3.05) is 16.8 Å². The molecule has 0 spiro atoms. The molecule has 1 N–H and O–H groups in total. The van der Waals surface area contributed by atoms with Gasteiger partial charge in [-0.15, -0.1) is 0 Å². The molecule has 1 aliphatic heterocycles. The fourth-order valence-electron chi connectivity index (χ4n) is 2.64. The topological polar surface area (TPSA) is 32.3 Å². The Balaban J connectivity index is 2.12. The number of nitrogens with zero attached hydrogens (tertiary/aromatic N) is 1. The molecular weight excluding hydrogens is 284 g/mol. The minimum absolute atomic E-state index is 0.0450. The monoisotopic (exact) mass is 300 g/mol. The van der Waals surface area contributed by atoms with Crippen LogP contribution in [0.4, 0.5) is 17.1 Å². The van der Waals surface area contributed by atoms with E-state index in [0.29, 0.717) is 11.6 Å². The highest BCUT2D eigenvalue weighted by Gasteiger charge is 2.27. The zero-order valence-electron chi connectivity index (χ0n) is 11.8. The summed E-state index contributed by atoms with van der Waals surface area (Å²) in [6, 6.07) is 15.7. The number of amides is 1. The van der Waals surface area contributed by atoms with Crippen molar-refractivity contribution >= 4 is 34.6 Å². The Bertz CT molecular complexity index is 657. The van der Waals surface area contributed by atoms with E-state index >= 15 is 0 Å². The number of carbonyl (C=O) groups excluding carboxylic acids is 1. The van der Waals surface area contributed by atoms with Crippen LogP contribution < -0.4 is 10.2 Å². The van der Waals surface area contributed by atoms with Crippen LogP contribution in [-0.4, -0.2) is 12.5 Å². The lowest BCUT2D eigenvalue weighted by Gasteiger charge is -2.26. The second kappa shape index (κ2) is 5.78. The summed E-state index contributed by atoms with van der Waals surface area (Å²) in [5, 5.41) is 3.68. The minimum atomic E-state index is -0.0450. The van der Waals surface area contributed by atoms with Crippen LogP contribution in [-0.2, 0) is 4.79 Å². The summed E-state index contributed by atoms with van der Waals surface area (Å²) in [7, 11) is 0. The molecule has 0 radical (unpaired) electrons. The van der Waals surface area contributed by atoms with Crippen molar-refractivity contribution in [3.63, 3.8) is 0 Å². The number of hydrogen-bond donors (Lipinski definition) is 1. The molecule has 108 valence electrons. The van der Waals surface area contributed by atoms with Crippen LogP contribution >= 0.6 is 11.6 Å². The normalized spacial score (nSPS) is 17.9. The Labute approximate surface area is 129 Å². The summed E-state index contributed by atoms with van der Waals surface area (Å²) in [5.41, 5.74) is 2.82. The number of para-hydroxylation sites is 1. The maximum Gasteiger partial charge on any atom is 0.229 e. The molecule has 3 rings (SSSR count). The Morgan fingerprint density at radius 3 is 2.71 bits per heavy atom. The lowest BCUT2D eigenvalue weighted by Crippen LogP contribution is -2.29. The van der Waals surface area contributed by atoms with Gasteiger partial charge in [0.05, 0.1) is 17.3 Å². The molecule has 1 aliphatic rings. The lowest BCUT2D eigenvalue weighted by molar-refractivity contribution is -0.119. The molecule has 0 bridgehead atoms. The summed E-state index contributed by atoms with van der Waals surface area (Å²) in [6.07, 6.45) is 0.802. The van der Waals surface area contributed by atoms with E-state index in [9.17, 15) is 4.79 Å². The largest absolute Gasteiger partial charge is 0.339 e. The van der Waals surface area contributed by atoms with Gasteiger partial charge >= 0.3 is 0 Å². The van der Waals surface area contributed by atoms with Gasteiger partial charge in [-0.1, -0.05) is 36.7 Å². The first-order valence-corrected chi connectivity index (χ1v) is 7.50. The highest BCUT2D eigenvalue weighted by molar-refractivity contribution is 6.31. The maximum atomic E-state index is 12.3. The van der Waals surface area contributed by atoms with E-state index in [0.717, 1.165) is 23.5 Å². The molecule has 1 heterocycles. The number of benzene rings is 2. The number of nitrogens with one attached hydrogen (secondary N) is 1. The predicted octanol–water partition coefficient (Wildman–Crippen LogP) is 4.46. The molecule has 2 aromatic carbocycles. The van der Waals surface area contributed by atoms with E-state index < -0.39 is 0 Å². The van der Waals surface area contributed by atoms with Crippen molar-refractivity contribution in [2.24, 2.45) is 5.92 Å². The first kappa shape index (κ1) is 14.0. The Morgan fingerprint density at radius 1 is 1.24 bits per heavy atom. The second-order valence-electron chi connectivity index (χ2n) is 5.20. The number of anilines is 3. The lowest BCUT2D eigenvalue weighted by atomic mass is 10.1. The fourth-order valence-corrected chi connectivity index (χ4v) is 2.80. The summed E-state index contributed by atoms with van der Waals surface area (Å²) < 4.78 is 0. The predicted molar refractivity (Wildman–Crippen MR) is 87.3 cm³/mol. The molecule has 2 aromatic rings. The average Bonchev–Trinajstić information content (AvgIpc) is 2.64. The van der Waals surface area contributed by atoms with Gasteiger partial charge in [0.25, 0.3) is 0 Å². The fraction of sp³-hybridized carbons (Fsp3) is 0.235. The van der Waals surface area contributed by atoms with Gasteiger partial charge in [0.2, 0.25) is 5.91 Å². The summed E-state index contributed by atoms with van der Waals surface area (Å²) in [4.78, 5) is 14.5. The van der Waals surface area contributed by atoms with Gasteiger partial charge in [-0.2, -0.15) is 0 Å². The molecular formula is C17H17ClN2O. The first-order valence-electron chi connectivity index (χ1n) is 7.12. The van der Waals surface area contributed by atoms with Crippen molar-refractivity contribution in [3.05, 3.63) is 53.6 Å². The van der Waals surface area contributed by atoms with Gasteiger partial charge in [-0.3, -0.25) is 4.79 Å². The Kier molecular flexibility index (Phi) is 3.84. The third kappa shape index (κ3) is 2.74. The van der Waals surface area contributed by atoms with Gasteiger partial charge in [-0.05, 0) is 36.8 Å². The quantitative estimate of drug-likeness (QED) is 0.888. The van der Waals surface area contributed by atoms with Crippen LogP contribution in [0.3, 0.4) is 0 Å². The molecule has 1 amide bonds. The van der Waals surface area contributed by atoms with Crippen molar-refractivity contribution in [3.8, 4) is 0 Å². The van der Waals surface area contributed by atoms with Crippen LogP contribution in [0.5, 0.6) is 0 Å². The molecule has 1 unspecified atom stereocenters. The SMILES string of the molecule is CCC1CN(c2ccccc2)c2cc(Cl)ccc2NC1=O. The smallest absolute Gasteiger partial charge is 0.229 e. The minimum Gasteiger partial charge on any atom is -0.339 e. The molecule has 21 heavy (non-hydrogen) atoms. The van der Waals surface area contributed by atoms with Crippen LogP contribution in [0.15, 0.2) is 48.5 Å². The molecule has 0 saturated heterocycles. The molecule has 0 saturated carbocycles. The van der Waals surface area contributed by atoms with Gasteiger partial charge in [-0.25, -0.2) is 0 Å². The van der Waals surface area contributed by atoms with E-state index in [1.807, 2.05) is 49.4 Å². The van der Waals surface area contributed by atoms with E-state index in [1.165, 1.54) is 0 Å². The second-order valence-corrected chi connectivity index (χ2v) is 5.64. The third-order valence-corrected chi connectivity index (χ3v) is 4.08. The van der Waals surface area contributed by atoms with Gasteiger partial charge in [0.15, 0.2) is 0 Å². The molecule has 0 fully saturated rings. The zero-order chi connectivity index (χ0) is 14.8. The standard InChI is InChI=1S/C17H17ClN2O/c1-2-12-11-20(14-6-4-3-5-7-14)16-10-13(18)8-9-15(16)19-17(12)21/h3-10,12H,2,11H2,1H3,(H,19,21). The van der Waals surface area contributed by atoms with Gasteiger partial charge in [0.1, 0.15) is 0 Å². The van der Waals surface area contributed by atoms with Crippen molar-refractivity contribution in [1.29, 1.82) is 0 Å². The molecule has 3 nitrogen and oxygen atoms in total. The average molecular weight is 301 g/mol. The molecule has 4 heteroatoms. The maximum absolute atomic E-state index is 12.3. The third-order valence-electron chi connectivity index (χ3n) is 3.84. The van der Waals surface area contributed by atoms with Crippen LogP contribution in [0.2, 0.25) is 5.02 Å². The van der Waals surface area contributed by atoms with E-state index in [4.69, 9.17) is 11.6 Å². The van der Waals surface area contributed by atoms with Gasteiger partial charge < -0.3 is 10.2 Å². The van der Waals surface area contributed by atoms with E-state index in [-0.39, 0.29) is 11.8 Å². The Hall–Kier alpha value is -2.00. The zero-order valence-corrected chi connectivity index (χ0v) is 12.6. The van der Waals surface area contributed by atoms with Gasteiger partial charge in [0, 0.05) is 17.3 Å².